The first-order valence-corrected chi connectivity index (χ1v) is 8.00. The van der Waals surface area contributed by atoms with Crippen LogP contribution >= 0.6 is 11.3 Å². The Hall–Kier alpha value is -2.66. The summed E-state index contributed by atoms with van der Waals surface area (Å²) in [5, 5.41) is 11.7. The molecule has 2 aromatic carbocycles. The molecule has 1 N–H and O–H groups in total. The molecule has 0 fully saturated rings. The van der Waals surface area contributed by atoms with Crippen LogP contribution in [0.15, 0.2) is 40.8 Å². The molecule has 23 heavy (non-hydrogen) atoms. The minimum Gasteiger partial charge on any atom is -0.506 e. The smallest absolute Gasteiger partial charge is 0.197 e. The van der Waals surface area contributed by atoms with Crippen molar-refractivity contribution >= 4 is 38.3 Å². The van der Waals surface area contributed by atoms with Crippen LogP contribution in [-0.4, -0.2) is 15.9 Å². The molecule has 0 aliphatic heterocycles. The van der Waals surface area contributed by atoms with E-state index in [0.717, 1.165) is 5.01 Å². The summed E-state index contributed by atoms with van der Waals surface area (Å²) < 4.78 is 6.52. The van der Waals surface area contributed by atoms with Gasteiger partial charge < -0.3 is 9.52 Å². The van der Waals surface area contributed by atoms with Crippen molar-refractivity contribution in [3.8, 4) is 5.75 Å². The first-order chi connectivity index (χ1) is 11.1. The van der Waals surface area contributed by atoms with Crippen molar-refractivity contribution in [1.82, 2.24) is 4.98 Å². The number of benzene rings is 2. The van der Waals surface area contributed by atoms with E-state index in [-0.39, 0.29) is 11.5 Å². The zero-order valence-electron chi connectivity index (χ0n) is 12.6. The summed E-state index contributed by atoms with van der Waals surface area (Å²) in [6.45, 7) is 3.64. The predicted molar refractivity (Wildman–Crippen MR) is 90.4 cm³/mol. The SMILES string of the molecule is Cc1nc2c(s1)c(O)cc1c(C(=O)c3ccccc3)c(C)oc12. The Morgan fingerprint density at radius 2 is 1.96 bits per heavy atom. The Morgan fingerprint density at radius 1 is 1.22 bits per heavy atom. The number of ketones is 1. The Labute approximate surface area is 136 Å². The highest BCUT2D eigenvalue weighted by Gasteiger charge is 2.23. The van der Waals surface area contributed by atoms with Gasteiger partial charge in [0.1, 0.15) is 21.7 Å². The molecule has 0 amide bonds. The first kappa shape index (κ1) is 14.0. The van der Waals surface area contributed by atoms with Gasteiger partial charge in [0, 0.05) is 10.9 Å². The van der Waals surface area contributed by atoms with Crippen LogP contribution in [0.4, 0.5) is 0 Å². The summed E-state index contributed by atoms with van der Waals surface area (Å²) >= 11 is 1.41. The normalized spacial score (nSPS) is 11.4. The van der Waals surface area contributed by atoms with Gasteiger partial charge in [-0.05, 0) is 19.9 Å². The van der Waals surface area contributed by atoms with Gasteiger partial charge in [-0.15, -0.1) is 11.3 Å². The third-order valence-electron chi connectivity index (χ3n) is 3.85. The van der Waals surface area contributed by atoms with Gasteiger partial charge in [0.25, 0.3) is 0 Å². The topological polar surface area (TPSA) is 63.3 Å². The number of nitrogens with zero attached hydrogens (tertiary/aromatic N) is 1. The molecule has 0 atom stereocenters. The number of carbonyl (C=O) groups is 1. The van der Waals surface area contributed by atoms with Crippen LogP contribution in [-0.2, 0) is 0 Å². The number of thiazole rings is 1. The lowest BCUT2D eigenvalue weighted by Crippen LogP contribution is -2.01. The third kappa shape index (κ3) is 2.04. The number of furan rings is 1. The number of phenolic OH excluding ortho intramolecular Hbond substituents is 1. The summed E-state index contributed by atoms with van der Waals surface area (Å²) in [6, 6.07) is 10.7. The molecular weight excluding hydrogens is 310 g/mol. The maximum absolute atomic E-state index is 12.8. The van der Waals surface area contributed by atoms with Gasteiger partial charge in [0.05, 0.1) is 10.6 Å². The highest BCUT2D eigenvalue weighted by Crippen LogP contribution is 2.40. The Morgan fingerprint density at radius 3 is 2.70 bits per heavy atom. The van der Waals surface area contributed by atoms with Crippen molar-refractivity contribution in [3.63, 3.8) is 0 Å². The van der Waals surface area contributed by atoms with Crippen molar-refractivity contribution in [2.45, 2.75) is 13.8 Å². The molecule has 0 bridgehead atoms. The lowest BCUT2D eigenvalue weighted by molar-refractivity contribution is 0.103. The largest absolute Gasteiger partial charge is 0.506 e. The summed E-state index contributed by atoms with van der Waals surface area (Å²) in [7, 11) is 0. The van der Waals surface area contributed by atoms with Crippen molar-refractivity contribution < 1.29 is 14.3 Å². The summed E-state index contributed by atoms with van der Waals surface area (Å²) in [5.74, 6) is 0.542. The minimum atomic E-state index is -0.118. The number of carbonyl (C=O) groups excluding carboxylic acids is 1. The standard InChI is InChI=1S/C18H13NO3S/c1-9-14(16(21)11-6-4-3-5-7-11)12-8-13(20)18-15(17(12)22-9)19-10(2)23-18/h3-8,20H,1-2H3. The quantitative estimate of drug-likeness (QED) is 0.548. The van der Waals surface area contributed by atoms with Crippen LogP contribution in [0.1, 0.15) is 26.7 Å². The lowest BCUT2D eigenvalue weighted by Gasteiger charge is -2.01. The van der Waals surface area contributed by atoms with Gasteiger partial charge in [-0.2, -0.15) is 0 Å². The molecule has 2 aromatic heterocycles. The maximum Gasteiger partial charge on any atom is 0.197 e. The highest BCUT2D eigenvalue weighted by molar-refractivity contribution is 7.19. The van der Waals surface area contributed by atoms with Gasteiger partial charge >= 0.3 is 0 Å². The zero-order chi connectivity index (χ0) is 16.1. The van der Waals surface area contributed by atoms with Gasteiger partial charge in [0.2, 0.25) is 0 Å². The molecule has 0 spiro atoms. The van der Waals surface area contributed by atoms with Crippen LogP contribution in [0, 0.1) is 13.8 Å². The van der Waals surface area contributed by atoms with Crippen LogP contribution in [0.2, 0.25) is 0 Å². The van der Waals surface area contributed by atoms with Crippen LogP contribution in [0.3, 0.4) is 0 Å². The summed E-state index contributed by atoms with van der Waals surface area (Å²) in [5.41, 5.74) is 2.23. The van der Waals surface area contributed by atoms with E-state index in [1.54, 1.807) is 25.1 Å². The molecular formula is C18H13NO3S. The van der Waals surface area contributed by atoms with E-state index in [2.05, 4.69) is 4.98 Å². The van der Waals surface area contributed by atoms with Crippen LogP contribution in [0.5, 0.6) is 5.75 Å². The van der Waals surface area contributed by atoms with Gasteiger partial charge in [-0.1, -0.05) is 30.3 Å². The fraction of sp³-hybridized carbons (Fsp3) is 0.111. The lowest BCUT2D eigenvalue weighted by atomic mass is 10.0. The Kier molecular flexibility index (Phi) is 2.99. The molecule has 4 rings (SSSR count). The van der Waals surface area contributed by atoms with E-state index in [4.69, 9.17) is 4.42 Å². The molecule has 0 saturated heterocycles. The van der Waals surface area contributed by atoms with Crippen molar-refractivity contribution in [1.29, 1.82) is 0 Å². The third-order valence-corrected chi connectivity index (χ3v) is 4.84. The molecule has 0 saturated carbocycles. The number of aromatic hydroxyl groups is 1. The first-order valence-electron chi connectivity index (χ1n) is 7.18. The Bertz CT molecular complexity index is 1060. The number of phenols is 1. The molecule has 4 nitrogen and oxygen atoms in total. The number of hydrogen-bond donors (Lipinski definition) is 1. The zero-order valence-corrected chi connectivity index (χ0v) is 13.4. The van der Waals surface area contributed by atoms with E-state index in [9.17, 15) is 9.90 Å². The highest BCUT2D eigenvalue weighted by atomic mass is 32.1. The number of fused-ring (bicyclic) bond motifs is 3. The predicted octanol–water partition coefficient (Wildman–Crippen LogP) is 4.60. The number of aromatic nitrogens is 1. The summed E-state index contributed by atoms with van der Waals surface area (Å²) in [6.07, 6.45) is 0. The van der Waals surface area contributed by atoms with Gasteiger partial charge in [-0.3, -0.25) is 4.79 Å². The molecule has 0 aliphatic rings. The molecule has 0 aliphatic carbocycles. The maximum atomic E-state index is 12.8. The number of rotatable bonds is 2. The fourth-order valence-electron chi connectivity index (χ4n) is 2.85. The molecule has 5 heteroatoms. The molecule has 4 aromatic rings. The fourth-order valence-corrected chi connectivity index (χ4v) is 3.68. The molecule has 2 heterocycles. The average molecular weight is 323 g/mol. The van der Waals surface area contributed by atoms with Crippen LogP contribution < -0.4 is 0 Å². The van der Waals surface area contributed by atoms with Crippen molar-refractivity contribution in [3.05, 3.63) is 58.3 Å². The van der Waals surface area contributed by atoms with E-state index in [1.165, 1.54) is 11.3 Å². The second-order valence-corrected chi connectivity index (χ2v) is 6.61. The van der Waals surface area contributed by atoms with Crippen molar-refractivity contribution in [2.24, 2.45) is 0 Å². The van der Waals surface area contributed by atoms with E-state index < -0.39 is 0 Å². The van der Waals surface area contributed by atoms with Crippen molar-refractivity contribution in [2.75, 3.05) is 0 Å². The van der Waals surface area contributed by atoms with E-state index >= 15 is 0 Å². The molecule has 114 valence electrons. The monoisotopic (exact) mass is 323 g/mol. The number of hydrogen-bond acceptors (Lipinski definition) is 5. The minimum absolute atomic E-state index is 0.118. The average Bonchev–Trinajstić information content (AvgIpc) is 3.08. The summed E-state index contributed by atoms with van der Waals surface area (Å²) in [4.78, 5) is 17.3. The molecule has 0 unspecified atom stereocenters. The van der Waals surface area contributed by atoms with Crippen LogP contribution in [0.25, 0.3) is 21.2 Å². The van der Waals surface area contributed by atoms with Gasteiger partial charge in [0.15, 0.2) is 11.4 Å². The van der Waals surface area contributed by atoms with E-state index in [0.29, 0.717) is 38.1 Å². The Balaban J connectivity index is 2.05. The van der Waals surface area contributed by atoms with E-state index in [1.807, 2.05) is 25.1 Å². The number of aryl methyl sites for hydroxylation is 2. The van der Waals surface area contributed by atoms with Gasteiger partial charge in [-0.25, -0.2) is 4.98 Å². The second-order valence-electron chi connectivity index (χ2n) is 5.41. The molecule has 0 radical (unpaired) electrons. The second kappa shape index (κ2) is 4.93.